The van der Waals surface area contributed by atoms with Crippen molar-refractivity contribution in [2.45, 2.75) is 30.8 Å². The molecular weight excluding hydrogens is 528 g/mol. The number of sulfonamides is 1. The summed E-state index contributed by atoms with van der Waals surface area (Å²) in [6.45, 7) is 0.736. The first-order chi connectivity index (χ1) is 17.8. The van der Waals surface area contributed by atoms with Crippen LogP contribution in [0.15, 0.2) is 82.9 Å². The molecule has 11 heteroatoms. The summed E-state index contributed by atoms with van der Waals surface area (Å²) in [7, 11) is -1.64. The molecule has 0 saturated carbocycles. The van der Waals surface area contributed by atoms with Gasteiger partial charge in [-0.05, 0) is 53.7 Å². The Hall–Kier alpha value is -3.11. The van der Waals surface area contributed by atoms with E-state index in [1.54, 1.807) is 22.8 Å². The van der Waals surface area contributed by atoms with Crippen LogP contribution >= 0.6 is 23.2 Å². The number of anilines is 1. The number of fused-ring (bicyclic) bond motifs is 1. The molecule has 2 N–H and O–H groups in total. The van der Waals surface area contributed by atoms with Crippen molar-refractivity contribution < 1.29 is 8.42 Å². The van der Waals surface area contributed by atoms with Crippen LogP contribution in [0.1, 0.15) is 29.7 Å². The molecule has 2 heterocycles. The highest BCUT2D eigenvalue weighted by Crippen LogP contribution is 2.30. The average Bonchev–Trinajstić information content (AvgIpc) is 3.28. The molecule has 4 aromatic rings. The molecule has 0 saturated heterocycles. The SMILES string of the molecule is Bc1cnn2c(NCc3ccc(CNS(=O)(=O)c4ccc(Cl)cc4)cc3)cc(C3=C(Cl)CCC=C3)nc12. The quantitative estimate of drug-likeness (QED) is 0.323. The van der Waals surface area contributed by atoms with Gasteiger partial charge in [0, 0.05) is 41.0 Å². The smallest absolute Gasteiger partial charge is 0.240 e. The predicted molar refractivity (Wildman–Crippen MR) is 152 cm³/mol. The second kappa shape index (κ2) is 10.7. The Bertz CT molecular complexity index is 1620. The molecule has 1 aliphatic rings. The van der Waals surface area contributed by atoms with Crippen LogP contribution < -0.4 is 15.5 Å². The summed E-state index contributed by atoms with van der Waals surface area (Å²) in [5.74, 6) is 0.809. The maximum atomic E-state index is 12.5. The van der Waals surface area contributed by atoms with Crippen molar-refractivity contribution in [3.8, 4) is 0 Å². The van der Waals surface area contributed by atoms with Gasteiger partial charge < -0.3 is 5.32 Å². The molecule has 0 radical (unpaired) electrons. The zero-order valence-corrected chi connectivity index (χ0v) is 22.4. The van der Waals surface area contributed by atoms with E-state index in [9.17, 15) is 8.42 Å². The summed E-state index contributed by atoms with van der Waals surface area (Å²) in [5.41, 5.74) is 5.39. The Kier molecular flexibility index (Phi) is 7.39. The number of benzene rings is 2. The summed E-state index contributed by atoms with van der Waals surface area (Å²) in [6, 6.07) is 15.8. The van der Waals surface area contributed by atoms with Crippen molar-refractivity contribution in [1.29, 1.82) is 0 Å². The fraction of sp³-hybridized carbons (Fsp3) is 0.154. The second-order valence-electron chi connectivity index (χ2n) is 8.80. The topological polar surface area (TPSA) is 88.4 Å². The molecule has 0 aliphatic heterocycles. The number of allylic oxidation sites excluding steroid dienone is 4. The maximum absolute atomic E-state index is 12.5. The second-order valence-corrected chi connectivity index (χ2v) is 11.5. The van der Waals surface area contributed by atoms with Gasteiger partial charge in [0.1, 0.15) is 13.7 Å². The number of hydrogen-bond donors (Lipinski definition) is 2. The van der Waals surface area contributed by atoms with E-state index in [2.05, 4.69) is 21.2 Å². The standard InChI is InChI=1S/C26H24BCl2N5O2S/c27-22-16-31-34-25(13-24(33-26(22)34)21-3-1-2-4-23(21)29)30-14-17-5-7-18(8-6-17)15-32-37(35,36)20-11-9-19(28)10-12-20/h1,3,5-13,16,30,32H,2,4,14-15,27H2. The first-order valence-corrected chi connectivity index (χ1v) is 14.0. The van der Waals surface area contributed by atoms with Crippen LogP contribution in [0.2, 0.25) is 5.02 Å². The Morgan fingerprint density at radius 1 is 1.00 bits per heavy atom. The third-order valence-electron chi connectivity index (χ3n) is 6.12. The van der Waals surface area contributed by atoms with Crippen LogP contribution in [-0.4, -0.2) is 30.9 Å². The van der Waals surface area contributed by atoms with E-state index in [1.807, 2.05) is 44.3 Å². The van der Waals surface area contributed by atoms with Gasteiger partial charge in [0.2, 0.25) is 10.0 Å². The van der Waals surface area contributed by atoms with Crippen molar-refractivity contribution in [3.63, 3.8) is 0 Å². The van der Waals surface area contributed by atoms with Crippen molar-refractivity contribution in [1.82, 2.24) is 19.3 Å². The van der Waals surface area contributed by atoms with Crippen LogP contribution in [0, 0.1) is 0 Å². The van der Waals surface area contributed by atoms with Crippen molar-refractivity contribution in [2.24, 2.45) is 0 Å². The van der Waals surface area contributed by atoms with E-state index < -0.39 is 10.0 Å². The van der Waals surface area contributed by atoms with Gasteiger partial charge in [-0.25, -0.2) is 18.1 Å². The van der Waals surface area contributed by atoms with E-state index in [1.165, 1.54) is 12.1 Å². The lowest BCUT2D eigenvalue weighted by molar-refractivity contribution is 0.581. The van der Waals surface area contributed by atoms with E-state index in [4.69, 9.17) is 28.2 Å². The van der Waals surface area contributed by atoms with Crippen molar-refractivity contribution in [3.05, 3.63) is 99.8 Å². The molecule has 0 atom stereocenters. The fourth-order valence-corrected chi connectivity index (χ4v) is 5.45. The zero-order chi connectivity index (χ0) is 26.0. The lowest BCUT2D eigenvalue weighted by atomic mass is 10.00. The Balaban J connectivity index is 1.29. The third-order valence-corrected chi connectivity index (χ3v) is 8.18. The molecular formula is C26H24BCl2N5O2S. The number of nitrogens with zero attached hydrogens (tertiary/aromatic N) is 3. The molecule has 0 spiro atoms. The van der Waals surface area contributed by atoms with Gasteiger partial charge in [0.15, 0.2) is 5.65 Å². The fourth-order valence-electron chi connectivity index (χ4n) is 4.04. The maximum Gasteiger partial charge on any atom is 0.240 e. The van der Waals surface area contributed by atoms with Crippen molar-refractivity contribution >= 4 is 63.6 Å². The van der Waals surface area contributed by atoms with E-state index in [-0.39, 0.29) is 11.4 Å². The van der Waals surface area contributed by atoms with E-state index in [0.29, 0.717) is 11.6 Å². The van der Waals surface area contributed by atoms with Gasteiger partial charge in [0.25, 0.3) is 0 Å². The van der Waals surface area contributed by atoms with Gasteiger partial charge in [-0.2, -0.15) is 9.61 Å². The molecule has 0 bridgehead atoms. The molecule has 2 aromatic carbocycles. The molecule has 5 rings (SSSR count). The molecule has 0 amide bonds. The number of hydrogen-bond acceptors (Lipinski definition) is 5. The average molecular weight is 552 g/mol. The van der Waals surface area contributed by atoms with Gasteiger partial charge in [-0.15, -0.1) is 0 Å². The summed E-state index contributed by atoms with van der Waals surface area (Å²) < 4.78 is 29.5. The number of aromatic nitrogens is 3. The number of nitrogens with one attached hydrogen (secondary N) is 2. The molecule has 2 aromatic heterocycles. The lowest BCUT2D eigenvalue weighted by Crippen LogP contribution is -2.23. The van der Waals surface area contributed by atoms with Crippen LogP contribution in [0.3, 0.4) is 0 Å². The van der Waals surface area contributed by atoms with Gasteiger partial charge in [-0.1, -0.05) is 59.6 Å². The molecule has 188 valence electrons. The third kappa shape index (κ3) is 5.75. The van der Waals surface area contributed by atoms with Crippen LogP contribution in [0.25, 0.3) is 11.2 Å². The lowest BCUT2D eigenvalue weighted by Gasteiger charge is -2.14. The Labute approximate surface area is 226 Å². The van der Waals surface area contributed by atoms with Crippen LogP contribution in [0.4, 0.5) is 5.82 Å². The zero-order valence-electron chi connectivity index (χ0n) is 20.1. The summed E-state index contributed by atoms with van der Waals surface area (Å²) in [6.07, 6.45) is 7.67. The minimum Gasteiger partial charge on any atom is -0.366 e. The normalized spacial score (nSPS) is 13.9. The highest BCUT2D eigenvalue weighted by molar-refractivity contribution is 7.89. The first-order valence-electron chi connectivity index (χ1n) is 11.8. The minimum absolute atomic E-state index is 0.176. The highest BCUT2D eigenvalue weighted by Gasteiger charge is 2.16. The molecule has 7 nitrogen and oxygen atoms in total. The molecule has 1 aliphatic carbocycles. The minimum atomic E-state index is -3.62. The van der Waals surface area contributed by atoms with Gasteiger partial charge >= 0.3 is 0 Å². The molecule has 37 heavy (non-hydrogen) atoms. The summed E-state index contributed by atoms with van der Waals surface area (Å²) >= 11 is 12.4. The monoisotopic (exact) mass is 551 g/mol. The molecule has 0 unspecified atom stereocenters. The predicted octanol–water partition coefficient (Wildman–Crippen LogP) is 4.03. The molecule has 0 fully saturated rings. The van der Waals surface area contributed by atoms with Gasteiger partial charge in [0.05, 0.1) is 10.6 Å². The summed E-state index contributed by atoms with van der Waals surface area (Å²) in [4.78, 5) is 4.98. The summed E-state index contributed by atoms with van der Waals surface area (Å²) in [5, 5.41) is 9.24. The van der Waals surface area contributed by atoms with E-state index >= 15 is 0 Å². The highest BCUT2D eigenvalue weighted by atomic mass is 35.5. The Morgan fingerprint density at radius 3 is 2.41 bits per heavy atom. The van der Waals surface area contributed by atoms with Crippen LogP contribution in [0.5, 0.6) is 0 Å². The number of halogens is 2. The van der Waals surface area contributed by atoms with Gasteiger partial charge in [-0.3, -0.25) is 0 Å². The van der Waals surface area contributed by atoms with Crippen LogP contribution in [-0.2, 0) is 23.1 Å². The number of rotatable bonds is 8. The van der Waals surface area contributed by atoms with E-state index in [0.717, 1.165) is 57.2 Å². The first kappa shape index (κ1) is 25.5. The van der Waals surface area contributed by atoms with Crippen molar-refractivity contribution in [2.75, 3.05) is 5.32 Å². The largest absolute Gasteiger partial charge is 0.366 e. The Morgan fingerprint density at radius 2 is 1.70 bits per heavy atom.